The van der Waals surface area contributed by atoms with Gasteiger partial charge in [-0.25, -0.2) is 0 Å². The van der Waals surface area contributed by atoms with Crippen LogP contribution in [0.1, 0.15) is 6.92 Å². The summed E-state index contributed by atoms with van der Waals surface area (Å²) in [7, 11) is -2.17. The summed E-state index contributed by atoms with van der Waals surface area (Å²) >= 11 is 0. The molecule has 0 radical (unpaired) electrons. The second-order valence-corrected chi connectivity index (χ2v) is 1.13. The average Bonchev–Trinajstić information content (AvgIpc) is 1.19. The molecule has 0 saturated heterocycles. The molecule has 0 aromatic heterocycles. The Morgan fingerprint density at radius 2 is 1.10 bits per heavy atom. The van der Waals surface area contributed by atoms with Gasteiger partial charge in [0.25, 0.3) is 0 Å². The Morgan fingerprint density at radius 3 is 1.10 bits per heavy atom. The third-order valence-corrected chi connectivity index (χ3v) is 0. The van der Waals surface area contributed by atoms with E-state index in [2.05, 4.69) is 0 Å². The normalized spacial score (nSPS) is 8.70. The quantitative estimate of drug-likeness (QED) is 0.419. The second-order valence-electron chi connectivity index (χ2n) is 1.13. The molecule has 0 rings (SSSR count). The predicted molar refractivity (Wildman–Crippen MR) is 31.3 cm³/mol. The maximum absolute atomic E-state index is 10.4. The first-order valence-corrected chi connectivity index (χ1v) is 1.84. The third-order valence-electron chi connectivity index (χ3n) is 0. The summed E-state index contributed by atoms with van der Waals surface area (Å²) in [5, 5.41) is 21.5. The Labute approximate surface area is 98.8 Å². The molecular weight excluding hydrogens is 179 g/mol. The van der Waals surface area contributed by atoms with Gasteiger partial charge in [0.05, 0.1) is 0 Å². The van der Waals surface area contributed by atoms with Crippen LogP contribution in [0.4, 0.5) is 13.2 Å². The van der Waals surface area contributed by atoms with E-state index in [1.54, 1.807) is 0 Å². The van der Waals surface area contributed by atoms with Crippen molar-refractivity contribution >= 4 is 58.7 Å². The van der Waals surface area contributed by atoms with E-state index in [0.717, 1.165) is 0 Å². The first kappa shape index (κ1) is 17.5. The zero-order valence-electron chi connectivity index (χ0n) is 4.55. The van der Waals surface area contributed by atoms with Crippen molar-refractivity contribution < 1.29 is 28.2 Å². The van der Waals surface area contributed by atoms with Crippen molar-refractivity contribution in [2.45, 2.75) is 13.1 Å². The Bertz CT molecular complexity index is 58.5. The van der Waals surface area contributed by atoms with Gasteiger partial charge in [-0.05, 0) is 0 Å². The fourth-order valence-electron chi connectivity index (χ4n) is 0. The molecule has 0 spiro atoms. The molecule has 0 heterocycles. The zero-order chi connectivity index (χ0) is 8.08. The van der Waals surface area contributed by atoms with Gasteiger partial charge in [0.15, 0.2) is 0 Å². The molecule has 0 aliphatic heterocycles. The predicted octanol–water partition coefficient (Wildman–Crippen LogP) is -1.13. The van der Waals surface area contributed by atoms with E-state index in [1.165, 1.54) is 0 Å². The summed E-state index contributed by atoms with van der Waals surface area (Å²) in [6.07, 6.45) is -4.00. The van der Waals surface area contributed by atoms with Crippen molar-refractivity contribution in [2.75, 3.05) is 0 Å². The zero-order valence-corrected chi connectivity index (χ0v) is 4.55. The van der Waals surface area contributed by atoms with Gasteiger partial charge in [0, 0.05) is 6.92 Å². The first-order valence-electron chi connectivity index (χ1n) is 1.84. The van der Waals surface area contributed by atoms with Crippen molar-refractivity contribution in [1.29, 1.82) is 0 Å². The first-order chi connectivity index (χ1) is 3.73. The van der Waals surface area contributed by atoms with Gasteiger partial charge in [-0.15, -0.1) is 0 Å². The number of halogens is 3. The van der Waals surface area contributed by atoms with Crippen LogP contribution in [-0.4, -0.2) is 80.0 Å². The summed E-state index contributed by atoms with van der Waals surface area (Å²) in [5.74, 6) is 0. The number of alkyl halides is 3. The van der Waals surface area contributed by atoms with E-state index in [9.17, 15) is 13.2 Å². The molecule has 0 unspecified atom stereocenters. The maximum atomic E-state index is 10.4. The molecular formula is C2H7BF3KO3. The van der Waals surface area contributed by atoms with Crippen LogP contribution in [0.5, 0.6) is 0 Å². The van der Waals surface area contributed by atoms with Crippen LogP contribution in [0.25, 0.3) is 0 Å². The SMILES string of the molecule is CC(F)(F)F.OB(O)O.[KH]. The average molecular weight is 186 g/mol. The summed E-state index contributed by atoms with van der Waals surface area (Å²) < 4.78 is 31.1. The van der Waals surface area contributed by atoms with Gasteiger partial charge < -0.3 is 15.1 Å². The van der Waals surface area contributed by atoms with E-state index in [-0.39, 0.29) is 58.3 Å². The molecule has 0 fully saturated rings. The van der Waals surface area contributed by atoms with E-state index in [0.29, 0.717) is 0 Å². The molecule has 0 aliphatic rings. The molecule has 0 amide bonds. The summed E-state index contributed by atoms with van der Waals surface area (Å²) in [5.41, 5.74) is 0. The van der Waals surface area contributed by atoms with Gasteiger partial charge in [-0.1, -0.05) is 0 Å². The molecule has 3 N–H and O–H groups in total. The standard InChI is InChI=1S/C2H3F3.BH3O3.K.H/c1-2(3,4)5;2-1(3)4;;/h1H3;2-4H;;. The van der Waals surface area contributed by atoms with Crippen molar-refractivity contribution in [3.63, 3.8) is 0 Å². The fourth-order valence-corrected chi connectivity index (χ4v) is 0. The minimum atomic E-state index is -4.00. The van der Waals surface area contributed by atoms with Gasteiger partial charge in [0.1, 0.15) is 0 Å². The van der Waals surface area contributed by atoms with Crippen molar-refractivity contribution in [1.82, 2.24) is 0 Å². The Hall–Kier alpha value is 1.37. The topological polar surface area (TPSA) is 60.7 Å². The molecule has 0 atom stereocenters. The summed E-state index contributed by atoms with van der Waals surface area (Å²) in [6.45, 7) is 0.188. The van der Waals surface area contributed by atoms with Gasteiger partial charge >= 0.3 is 64.9 Å². The summed E-state index contributed by atoms with van der Waals surface area (Å²) in [6, 6.07) is 0. The monoisotopic (exact) mass is 186 g/mol. The number of rotatable bonds is 0. The molecule has 0 saturated carbocycles. The van der Waals surface area contributed by atoms with E-state index in [1.807, 2.05) is 0 Å². The van der Waals surface area contributed by atoms with Crippen LogP contribution in [-0.2, 0) is 0 Å². The van der Waals surface area contributed by atoms with Crippen molar-refractivity contribution in [3.8, 4) is 0 Å². The third kappa shape index (κ3) is 349. The number of hydrogen-bond acceptors (Lipinski definition) is 3. The van der Waals surface area contributed by atoms with Crippen molar-refractivity contribution in [2.24, 2.45) is 0 Å². The number of hydrogen-bond donors (Lipinski definition) is 3. The van der Waals surface area contributed by atoms with Gasteiger partial charge in [0.2, 0.25) is 0 Å². The Morgan fingerprint density at radius 1 is 1.10 bits per heavy atom. The van der Waals surface area contributed by atoms with Crippen LogP contribution >= 0.6 is 0 Å². The van der Waals surface area contributed by atoms with Gasteiger partial charge in [-0.3, -0.25) is 0 Å². The molecule has 10 heavy (non-hydrogen) atoms. The fraction of sp³-hybridized carbons (Fsp3) is 1.00. The molecule has 58 valence electrons. The Kier molecular flexibility index (Phi) is 14.8. The van der Waals surface area contributed by atoms with Crippen molar-refractivity contribution in [3.05, 3.63) is 0 Å². The summed E-state index contributed by atoms with van der Waals surface area (Å²) in [4.78, 5) is 0. The van der Waals surface area contributed by atoms with Crippen LogP contribution in [0, 0.1) is 0 Å². The molecule has 0 aromatic carbocycles. The van der Waals surface area contributed by atoms with E-state index >= 15 is 0 Å². The molecule has 0 bridgehead atoms. The molecule has 8 heteroatoms. The van der Waals surface area contributed by atoms with E-state index < -0.39 is 13.5 Å². The van der Waals surface area contributed by atoms with Crippen LogP contribution in [0.2, 0.25) is 0 Å². The molecule has 0 aromatic rings. The minimum absolute atomic E-state index is 0. The van der Waals surface area contributed by atoms with E-state index in [4.69, 9.17) is 15.1 Å². The van der Waals surface area contributed by atoms with Crippen LogP contribution in [0.3, 0.4) is 0 Å². The van der Waals surface area contributed by atoms with Crippen LogP contribution < -0.4 is 0 Å². The Balaban J connectivity index is -0.0000000910. The molecule has 3 nitrogen and oxygen atoms in total. The van der Waals surface area contributed by atoms with Crippen LogP contribution in [0.15, 0.2) is 0 Å². The van der Waals surface area contributed by atoms with Gasteiger partial charge in [-0.2, -0.15) is 13.2 Å². The second kappa shape index (κ2) is 8.47. The molecule has 0 aliphatic carbocycles.